The van der Waals surface area contributed by atoms with E-state index >= 15 is 0 Å². The summed E-state index contributed by atoms with van der Waals surface area (Å²) in [5, 5.41) is 8.58. The standard InChI is InChI=1S/C15H17N3O2/c16-15(17)12-9-14(20-10-5-7-19-8-6-10)18-13-4-2-1-3-11(12)13/h1-4,9-10H,5-8H2,(H3,16,17). The molecule has 5 heteroatoms. The highest BCUT2D eigenvalue weighted by Gasteiger charge is 2.17. The molecule has 5 nitrogen and oxygen atoms in total. The quantitative estimate of drug-likeness (QED) is 0.661. The highest BCUT2D eigenvalue weighted by Crippen LogP contribution is 2.23. The summed E-state index contributed by atoms with van der Waals surface area (Å²) in [5.41, 5.74) is 7.12. The lowest BCUT2D eigenvalue weighted by molar-refractivity contribution is 0.0239. The maximum Gasteiger partial charge on any atom is 0.214 e. The number of nitrogens with zero attached hydrogens (tertiary/aromatic N) is 1. The van der Waals surface area contributed by atoms with Crippen LogP contribution in [0.4, 0.5) is 0 Å². The normalized spacial score (nSPS) is 16.2. The molecule has 0 atom stereocenters. The number of nitrogens with one attached hydrogen (secondary N) is 1. The zero-order valence-electron chi connectivity index (χ0n) is 11.1. The van der Waals surface area contributed by atoms with Crippen molar-refractivity contribution in [3.05, 3.63) is 35.9 Å². The van der Waals surface area contributed by atoms with Crippen LogP contribution < -0.4 is 10.5 Å². The Morgan fingerprint density at radius 1 is 1.30 bits per heavy atom. The summed E-state index contributed by atoms with van der Waals surface area (Å²) in [7, 11) is 0. The summed E-state index contributed by atoms with van der Waals surface area (Å²) in [6.45, 7) is 1.44. The lowest BCUT2D eigenvalue weighted by Crippen LogP contribution is -2.26. The molecule has 0 saturated carbocycles. The van der Waals surface area contributed by atoms with Crippen LogP contribution in [0, 0.1) is 5.41 Å². The number of amidine groups is 1. The molecule has 1 fully saturated rings. The van der Waals surface area contributed by atoms with E-state index in [1.807, 2.05) is 24.3 Å². The average molecular weight is 271 g/mol. The van der Waals surface area contributed by atoms with Crippen molar-refractivity contribution in [1.82, 2.24) is 4.98 Å². The summed E-state index contributed by atoms with van der Waals surface area (Å²) < 4.78 is 11.2. The molecular formula is C15H17N3O2. The largest absolute Gasteiger partial charge is 0.474 e. The number of hydrogen-bond donors (Lipinski definition) is 2. The van der Waals surface area contributed by atoms with Gasteiger partial charge in [0, 0.05) is 29.9 Å². The van der Waals surface area contributed by atoms with E-state index in [-0.39, 0.29) is 11.9 Å². The lowest BCUT2D eigenvalue weighted by Gasteiger charge is -2.23. The smallest absolute Gasteiger partial charge is 0.214 e. The van der Waals surface area contributed by atoms with Crippen LogP contribution in [0.15, 0.2) is 30.3 Å². The highest BCUT2D eigenvalue weighted by molar-refractivity contribution is 6.06. The molecule has 1 saturated heterocycles. The van der Waals surface area contributed by atoms with Crippen LogP contribution in [0.1, 0.15) is 18.4 Å². The number of fused-ring (bicyclic) bond motifs is 1. The van der Waals surface area contributed by atoms with Crippen LogP contribution in [-0.2, 0) is 4.74 Å². The van der Waals surface area contributed by atoms with Gasteiger partial charge < -0.3 is 15.2 Å². The summed E-state index contributed by atoms with van der Waals surface area (Å²) in [6.07, 6.45) is 1.85. The van der Waals surface area contributed by atoms with E-state index in [0.717, 1.165) is 37.0 Å². The fraction of sp³-hybridized carbons (Fsp3) is 0.333. The number of aromatic nitrogens is 1. The van der Waals surface area contributed by atoms with Crippen molar-refractivity contribution in [1.29, 1.82) is 5.41 Å². The van der Waals surface area contributed by atoms with Gasteiger partial charge in [-0.2, -0.15) is 0 Å². The Hall–Kier alpha value is -2.14. The molecule has 2 heterocycles. The number of ether oxygens (including phenoxy) is 2. The number of nitrogens with two attached hydrogens (primary N) is 1. The first-order valence-electron chi connectivity index (χ1n) is 6.72. The molecular weight excluding hydrogens is 254 g/mol. The monoisotopic (exact) mass is 271 g/mol. The molecule has 0 radical (unpaired) electrons. The molecule has 1 aliphatic heterocycles. The third-order valence-electron chi connectivity index (χ3n) is 3.44. The Morgan fingerprint density at radius 2 is 2.05 bits per heavy atom. The van der Waals surface area contributed by atoms with Gasteiger partial charge in [0.05, 0.1) is 18.7 Å². The Morgan fingerprint density at radius 3 is 2.80 bits per heavy atom. The molecule has 20 heavy (non-hydrogen) atoms. The summed E-state index contributed by atoms with van der Waals surface area (Å²) >= 11 is 0. The van der Waals surface area contributed by atoms with Crippen molar-refractivity contribution >= 4 is 16.7 Å². The first kappa shape index (κ1) is 12.9. The summed E-state index contributed by atoms with van der Waals surface area (Å²) in [5.74, 6) is 0.557. The second kappa shape index (κ2) is 5.46. The van der Waals surface area contributed by atoms with E-state index in [4.69, 9.17) is 20.6 Å². The predicted molar refractivity (Wildman–Crippen MR) is 77.2 cm³/mol. The van der Waals surface area contributed by atoms with Crippen LogP contribution >= 0.6 is 0 Å². The molecule has 0 unspecified atom stereocenters. The Bertz CT molecular complexity index is 636. The van der Waals surface area contributed by atoms with E-state index in [2.05, 4.69) is 4.98 Å². The number of benzene rings is 1. The molecule has 3 rings (SSSR count). The Balaban J connectivity index is 1.96. The fourth-order valence-electron chi connectivity index (χ4n) is 2.40. The number of nitrogen functional groups attached to an aromatic ring is 1. The predicted octanol–water partition coefficient (Wildman–Crippen LogP) is 2.08. The highest BCUT2D eigenvalue weighted by atomic mass is 16.5. The van der Waals surface area contributed by atoms with E-state index in [1.54, 1.807) is 6.07 Å². The van der Waals surface area contributed by atoms with Crippen LogP contribution in [-0.4, -0.2) is 30.1 Å². The maximum atomic E-state index is 7.71. The third-order valence-corrected chi connectivity index (χ3v) is 3.44. The number of hydrogen-bond acceptors (Lipinski definition) is 4. The number of para-hydroxylation sites is 1. The molecule has 104 valence electrons. The van der Waals surface area contributed by atoms with Crippen molar-refractivity contribution < 1.29 is 9.47 Å². The van der Waals surface area contributed by atoms with Gasteiger partial charge in [0.25, 0.3) is 0 Å². The van der Waals surface area contributed by atoms with Gasteiger partial charge in [-0.1, -0.05) is 18.2 Å². The Kier molecular flexibility index (Phi) is 3.52. The summed E-state index contributed by atoms with van der Waals surface area (Å²) in [4.78, 5) is 4.50. The minimum absolute atomic E-state index is 0.0282. The van der Waals surface area contributed by atoms with Crippen molar-refractivity contribution in [2.24, 2.45) is 5.73 Å². The van der Waals surface area contributed by atoms with Crippen LogP contribution in [0.25, 0.3) is 10.9 Å². The van der Waals surface area contributed by atoms with Crippen molar-refractivity contribution in [2.45, 2.75) is 18.9 Å². The van der Waals surface area contributed by atoms with Crippen molar-refractivity contribution in [3.63, 3.8) is 0 Å². The maximum absolute atomic E-state index is 7.71. The van der Waals surface area contributed by atoms with Crippen LogP contribution in [0.3, 0.4) is 0 Å². The second-order valence-electron chi connectivity index (χ2n) is 4.87. The zero-order chi connectivity index (χ0) is 13.9. The molecule has 2 aromatic rings. The van der Waals surface area contributed by atoms with E-state index in [0.29, 0.717) is 11.4 Å². The van der Waals surface area contributed by atoms with E-state index in [1.165, 1.54) is 0 Å². The van der Waals surface area contributed by atoms with Crippen LogP contribution in [0.2, 0.25) is 0 Å². The van der Waals surface area contributed by atoms with Gasteiger partial charge >= 0.3 is 0 Å². The second-order valence-corrected chi connectivity index (χ2v) is 4.87. The van der Waals surface area contributed by atoms with Gasteiger partial charge in [-0.25, -0.2) is 4.98 Å². The minimum atomic E-state index is 0.0282. The van der Waals surface area contributed by atoms with E-state index in [9.17, 15) is 0 Å². The topological polar surface area (TPSA) is 81.2 Å². The molecule has 0 spiro atoms. The van der Waals surface area contributed by atoms with Crippen molar-refractivity contribution in [3.8, 4) is 5.88 Å². The number of pyridine rings is 1. The molecule has 1 aromatic heterocycles. The van der Waals surface area contributed by atoms with Gasteiger partial charge in [-0.05, 0) is 6.07 Å². The first-order chi connectivity index (χ1) is 9.74. The van der Waals surface area contributed by atoms with Crippen LogP contribution in [0.5, 0.6) is 5.88 Å². The first-order valence-corrected chi connectivity index (χ1v) is 6.72. The SMILES string of the molecule is N=C(N)c1cc(OC2CCOCC2)nc2ccccc12. The van der Waals surface area contributed by atoms with Gasteiger partial charge in [0.1, 0.15) is 11.9 Å². The minimum Gasteiger partial charge on any atom is -0.474 e. The molecule has 1 aromatic carbocycles. The zero-order valence-corrected chi connectivity index (χ0v) is 11.1. The van der Waals surface area contributed by atoms with Crippen molar-refractivity contribution in [2.75, 3.05) is 13.2 Å². The molecule has 0 amide bonds. The molecule has 0 bridgehead atoms. The lowest BCUT2D eigenvalue weighted by atomic mass is 10.1. The Labute approximate surface area is 117 Å². The third kappa shape index (κ3) is 2.58. The van der Waals surface area contributed by atoms with Gasteiger partial charge in [0.15, 0.2) is 0 Å². The van der Waals surface area contributed by atoms with Gasteiger partial charge in [-0.15, -0.1) is 0 Å². The average Bonchev–Trinajstić information content (AvgIpc) is 2.47. The molecule has 1 aliphatic rings. The van der Waals surface area contributed by atoms with E-state index < -0.39 is 0 Å². The summed E-state index contributed by atoms with van der Waals surface area (Å²) in [6, 6.07) is 9.39. The number of rotatable bonds is 3. The van der Waals surface area contributed by atoms with Gasteiger partial charge in [0.2, 0.25) is 5.88 Å². The molecule has 3 N–H and O–H groups in total. The fourth-order valence-corrected chi connectivity index (χ4v) is 2.40. The van der Waals surface area contributed by atoms with Gasteiger partial charge in [-0.3, -0.25) is 5.41 Å². The molecule has 0 aliphatic carbocycles.